The first-order valence-electron chi connectivity index (χ1n) is 9.15. The number of nitrogens with one attached hydrogen (secondary N) is 1. The molecule has 1 aliphatic heterocycles. The third-order valence-electron chi connectivity index (χ3n) is 5.58. The minimum atomic E-state index is 0.291. The Balaban J connectivity index is 1.54. The van der Waals surface area contributed by atoms with Crippen LogP contribution in [0.2, 0.25) is 0 Å². The summed E-state index contributed by atoms with van der Waals surface area (Å²) in [4.78, 5) is 19.2. The lowest BCUT2D eigenvalue weighted by atomic mass is 9.86. The molecule has 0 aromatic carbocycles. The van der Waals surface area contributed by atoms with E-state index in [0.717, 1.165) is 47.8 Å². The van der Waals surface area contributed by atoms with Crippen LogP contribution in [-0.2, 0) is 0 Å². The molecule has 5 rings (SSSR count). The topological polar surface area (TPSA) is 85.9 Å². The van der Waals surface area contributed by atoms with Crippen molar-refractivity contribution < 1.29 is 0 Å². The average molecular weight is 357 g/mol. The lowest BCUT2D eigenvalue weighted by molar-refractivity contribution is 0.366. The van der Waals surface area contributed by atoms with E-state index >= 15 is 0 Å². The highest BCUT2D eigenvalue weighted by molar-refractivity contribution is 5.75. The number of nitrogens with zero attached hydrogens (tertiary/aromatic N) is 6. The van der Waals surface area contributed by atoms with Crippen LogP contribution in [0.3, 0.4) is 0 Å². The summed E-state index contributed by atoms with van der Waals surface area (Å²) in [7, 11) is 0. The quantitative estimate of drug-likeness (QED) is 0.596. The van der Waals surface area contributed by atoms with Crippen LogP contribution in [0.1, 0.15) is 30.7 Å². The normalized spacial score (nSPS) is 20.2. The molecule has 0 saturated carbocycles. The molecule has 1 saturated heterocycles. The molecule has 4 aromatic heterocycles. The second-order valence-corrected chi connectivity index (χ2v) is 7.18. The Morgan fingerprint density at radius 1 is 1.15 bits per heavy atom. The van der Waals surface area contributed by atoms with Crippen molar-refractivity contribution in [1.82, 2.24) is 24.3 Å². The van der Waals surface area contributed by atoms with Crippen molar-refractivity contribution in [3.63, 3.8) is 0 Å². The lowest BCUT2D eigenvalue weighted by Gasteiger charge is -2.37. The Morgan fingerprint density at radius 3 is 2.85 bits per heavy atom. The standard InChI is InChI=1S/C20H19N7/c1-13-5-7-26(18-3-2-14(8-21)9-23-18)12-16(13)20-25-11-15-10-24-19-17(27(15)20)4-6-22-19/h2-4,6,9-11,13,16,22H,5,7,12H2,1H3/t13-,16+/m0/s1. The molecule has 4 aromatic rings. The van der Waals surface area contributed by atoms with Gasteiger partial charge in [-0.3, -0.25) is 4.40 Å². The molecule has 5 heterocycles. The average Bonchev–Trinajstić information content (AvgIpc) is 3.35. The van der Waals surface area contributed by atoms with Crippen molar-refractivity contribution in [2.75, 3.05) is 18.0 Å². The Kier molecular flexibility index (Phi) is 3.57. The Morgan fingerprint density at radius 2 is 2.04 bits per heavy atom. The largest absolute Gasteiger partial charge is 0.356 e. The third-order valence-corrected chi connectivity index (χ3v) is 5.58. The van der Waals surface area contributed by atoms with Crippen LogP contribution in [0, 0.1) is 17.2 Å². The van der Waals surface area contributed by atoms with Crippen LogP contribution in [0.5, 0.6) is 0 Å². The van der Waals surface area contributed by atoms with Gasteiger partial charge in [-0.2, -0.15) is 5.26 Å². The summed E-state index contributed by atoms with van der Waals surface area (Å²) >= 11 is 0. The first-order chi connectivity index (χ1) is 13.2. The van der Waals surface area contributed by atoms with Crippen LogP contribution in [0.25, 0.3) is 16.7 Å². The van der Waals surface area contributed by atoms with Crippen LogP contribution < -0.4 is 4.90 Å². The second kappa shape index (κ2) is 6.09. The van der Waals surface area contributed by atoms with Crippen molar-refractivity contribution in [3.05, 3.63) is 54.4 Å². The summed E-state index contributed by atoms with van der Waals surface area (Å²) in [6, 6.07) is 7.94. The number of imidazole rings is 1. The SMILES string of the molecule is C[C@H]1CCN(c2ccc(C#N)cn2)C[C@H]1c1ncc2cnc3[nH]ccc3n12. The van der Waals surface area contributed by atoms with Gasteiger partial charge in [0.15, 0.2) is 5.65 Å². The molecule has 27 heavy (non-hydrogen) atoms. The number of hydrogen-bond donors (Lipinski definition) is 1. The highest BCUT2D eigenvalue weighted by Crippen LogP contribution is 2.34. The van der Waals surface area contributed by atoms with Crippen molar-refractivity contribution in [3.8, 4) is 6.07 Å². The molecule has 0 amide bonds. The zero-order valence-corrected chi connectivity index (χ0v) is 15.0. The minimum absolute atomic E-state index is 0.291. The molecule has 134 valence electrons. The van der Waals surface area contributed by atoms with Gasteiger partial charge in [-0.1, -0.05) is 6.92 Å². The van der Waals surface area contributed by atoms with E-state index in [-0.39, 0.29) is 0 Å². The molecule has 7 nitrogen and oxygen atoms in total. The van der Waals surface area contributed by atoms with Gasteiger partial charge in [0.05, 0.1) is 29.0 Å². The van der Waals surface area contributed by atoms with Gasteiger partial charge in [0.1, 0.15) is 17.7 Å². The van der Waals surface area contributed by atoms with Crippen molar-refractivity contribution in [2.45, 2.75) is 19.3 Å². The van der Waals surface area contributed by atoms with E-state index in [1.165, 1.54) is 0 Å². The maximum absolute atomic E-state index is 8.99. The van der Waals surface area contributed by atoms with E-state index in [4.69, 9.17) is 10.2 Å². The van der Waals surface area contributed by atoms with Gasteiger partial charge in [0.2, 0.25) is 0 Å². The number of H-pyrrole nitrogens is 1. The summed E-state index contributed by atoms with van der Waals surface area (Å²) in [5.74, 6) is 2.80. The van der Waals surface area contributed by atoms with Gasteiger partial charge >= 0.3 is 0 Å². The molecule has 2 atom stereocenters. The second-order valence-electron chi connectivity index (χ2n) is 7.18. The van der Waals surface area contributed by atoms with Gasteiger partial charge in [-0.05, 0) is 30.5 Å². The molecular formula is C20H19N7. The van der Waals surface area contributed by atoms with E-state index in [9.17, 15) is 0 Å². The predicted octanol–water partition coefficient (Wildman–Crippen LogP) is 3.11. The number of anilines is 1. The highest BCUT2D eigenvalue weighted by Gasteiger charge is 2.31. The minimum Gasteiger partial charge on any atom is -0.356 e. The number of piperidine rings is 1. The molecule has 0 spiro atoms. The fraction of sp³-hybridized carbons (Fsp3) is 0.300. The molecule has 1 N–H and O–H groups in total. The van der Waals surface area contributed by atoms with E-state index in [0.29, 0.717) is 17.4 Å². The first-order valence-corrected chi connectivity index (χ1v) is 9.15. The molecule has 0 radical (unpaired) electrons. The zero-order valence-electron chi connectivity index (χ0n) is 15.0. The summed E-state index contributed by atoms with van der Waals surface area (Å²) < 4.78 is 2.22. The molecular weight excluding hydrogens is 338 g/mol. The molecule has 1 aliphatic rings. The number of aromatic nitrogens is 5. The lowest BCUT2D eigenvalue weighted by Crippen LogP contribution is -2.39. The van der Waals surface area contributed by atoms with Gasteiger partial charge in [-0.15, -0.1) is 0 Å². The number of nitriles is 1. The number of rotatable bonds is 2. The van der Waals surface area contributed by atoms with Gasteiger partial charge < -0.3 is 9.88 Å². The summed E-state index contributed by atoms with van der Waals surface area (Å²) in [6.07, 6.45) is 8.40. The predicted molar refractivity (Wildman–Crippen MR) is 103 cm³/mol. The molecule has 0 unspecified atom stereocenters. The maximum atomic E-state index is 8.99. The monoisotopic (exact) mass is 357 g/mol. The smallest absolute Gasteiger partial charge is 0.154 e. The van der Waals surface area contributed by atoms with E-state index in [1.807, 2.05) is 36.8 Å². The van der Waals surface area contributed by atoms with Crippen LogP contribution in [0.15, 0.2) is 43.0 Å². The molecule has 0 bridgehead atoms. The Labute approximate surface area is 156 Å². The number of fused-ring (bicyclic) bond motifs is 3. The van der Waals surface area contributed by atoms with Gasteiger partial charge in [0.25, 0.3) is 0 Å². The number of aromatic amines is 1. The highest BCUT2D eigenvalue weighted by atomic mass is 15.2. The summed E-state index contributed by atoms with van der Waals surface area (Å²) in [6.45, 7) is 4.11. The summed E-state index contributed by atoms with van der Waals surface area (Å²) in [5.41, 5.74) is 3.52. The van der Waals surface area contributed by atoms with Gasteiger partial charge in [0, 0.05) is 31.4 Å². The first kappa shape index (κ1) is 15.8. The van der Waals surface area contributed by atoms with Crippen molar-refractivity contribution in [1.29, 1.82) is 5.26 Å². The Bertz CT molecular complexity index is 1150. The molecule has 0 aliphatic carbocycles. The fourth-order valence-corrected chi connectivity index (χ4v) is 4.01. The van der Waals surface area contributed by atoms with Gasteiger partial charge in [-0.25, -0.2) is 15.0 Å². The van der Waals surface area contributed by atoms with Crippen LogP contribution >= 0.6 is 0 Å². The van der Waals surface area contributed by atoms with E-state index in [1.54, 1.807) is 6.20 Å². The molecule has 1 fully saturated rings. The summed E-state index contributed by atoms with van der Waals surface area (Å²) in [5, 5.41) is 8.99. The van der Waals surface area contributed by atoms with Crippen LogP contribution in [0.4, 0.5) is 5.82 Å². The van der Waals surface area contributed by atoms with E-state index in [2.05, 4.69) is 37.2 Å². The van der Waals surface area contributed by atoms with E-state index < -0.39 is 0 Å². The third kappa shape index (κ3) is 2.53. The maximum Gasteiger partial charge on any atom is 0.154 e. The van der Waals surface area contributed by atoms with Crippen molar-refractivity contribution >= 4 is 22.5 Å². The zero-order chi connectivity index (χ0) is 18.4. The fourth-order valence-electron chi connectivity index (χ4n) is 4.01. The number of pyridine rings is 1. The van der Waals surface area contributed by atoms with Crippen LogP contribution in [-0.4, -0.2) is 37.4 Å². The Hall–Kier alpha value is -3.40. The number of hydrogen-bond acceptors (Lipinski definition) is 5. The molecule has 7 heteroatoms. The van der Waals surface area contributed by atoms with Crippen molar-refractivity contribution in [2.24, 2.45) is 5.92 Å².